The lowest BCUT2D eigenvalue weighted by molar-refractivity contribution is -0.124. The van der Waals surface area contributed by atoms with E-state index in [1.807, 2.05) is 0 Å². The van der Waals surface area contributed by atoms with Crippen LogP contribution in [0.2, 0.25) is 5.02 Å². The van der Waals surface area contributed by atoms with E-state index in [0.29, 0.717) is 19.5 Å². The number of likely N-dealkylation sites (tertiary alicyclic amines) is 1. The highest BCUT2D eigenvalue weighted by Gasteiger charge is 2.29. The van der Waals surface area contributed by atoms with Gasteiger partial charge in [-0.3, -0.25) is 9.59 Å². The number of hydrogen-bond acceptors (Lipinski definition) is 2. The van der Waals surface area contributed by atoms with E-state index in [1.165, 1.54) is 23.1 Å². The van der Waals surface area contributed by atoms with Crippen molar-refractivity contribution in [3.05, 3.63) is 34.6 Å². The number of Topliss-reactive ketones (excluding diaryl/α,β-unsaturated/α-hetero) is 1. The van der Waals surface area contributed by atoms with Gasteiger partial charge in [0.05, 0.1) is 10.6 Å². The Morgan fingerprint density at radius 1 is 1.50 bits per heavy atom. The van der Waals surface area contributed by atoms with E-state index < -0.39 is 11.7 Å². The Balaban J connectivity index is 2.24. The molecule has 2 rings (SSSR count). The van der Waals surface area contributed by atoms with Gasteiger partial charge in [-0.05, 0) is 12.1 Å². The molecule has 1 unspecified atom stereocenters. The lowest BCUT2D eigenvalue weighted by Gasteiger charge is -2.30. The van der Waals surface area contributed by atoms with Gasteiger partial charge in [0, 0.05) is 25.4 Å². The minimum absolute atomic E-state index is 0.101. The molecule has 0 spiro atoms. The van der Waals surface area contributed by atoms with E-state index >= 15 is 0 Å². The van der Waals surface area contributed by atoms with Gasteiger partial charge in [0.2, 0.25) is 0 Å². The minimum atomic E-state index is -0.628. The number of nitrogens with zero attached hydrogens (tertiary/aromatic N) is 1. The fourth-order valence-corrected chi connectivity index (χ4v) is 2.30. The van der Waals surface area contributed by atoms with Gasteiger partial charge in [-0.25, -0.2) is 4.39 Å². The Labute approximate surface area is 110 Å². The van der Waals surface area contributed by atoms with Crippen LogP contribution in [0.4, 0.5) is 4.39 Å². The third-order valence-corrected chi connectivity index (χ3v) is 3.45. The Kier molecular flexibility index (Phi) is 3.66. The fraction of sp³-hybridized carbons (Fsp3) is 0.385. The molecule has 1 aliphatic heterocycles. The molecular formula is C13H13ClFNO2. The van der Waals surface area contributed by atoms with Crippen LogP contribution in [0.15, 0.2) is 18.2 Å². The monoisotopic (exact) mass is 269 g/mol. The molecule has 1 fully saturated rings. The molecule has 96 valence electrons. The Morgan fingerprint density at radius 3 is 2.83 bits per heavy atom. The number of carbonyl (C=O) groups excluding carboxylic acids is 2. The Morgan fingerprint density at radius 2 is 2.22 bits per heavy atom. The molecule has 1 heterocycles. The molecule has 0 aliphatic carbocycles. The summed E-state index contributed by atoms with van der Waals surface area (Å²) >= 11 is 5.85. The van der Waals surface area contributed by atoms with Crippen molar-refractivity contribution >= 4 is 23.3 Å². The van der Waals surface area contributed by atoms with Crippen LogP contribution in [-0.4, -0.2) is 29.7 Å². The van der Waals surface area contributed by atoms with Crippen molar-refractivity contribution in [1.82, 2.24) is 4.90 Å². The highest BCUT2D eigenvalue weighted by atomic mass is 35.5. The number of benzene rings is 1. The van der Waals surface area contributed by atoms with Crippen LogP contribution in [0.3, 0.4) is 0 Å². The normalized spacial score (nSPS) is 20.1. The summed E-state index contributed by atoms with van der Waals surface area (Å²) in [5.41, 5.74) is -0.110. The summed E-state index contributed by atoms with van der Waals surface area (Å²) in [4.78, 5) is 25.1. The lowest BCUT2D eigenvalue weighted by Crippen LogP contribution is -2.43. The molecule has 3 nitrogen and oxygen atoms in total. The van der Waals surface area contributed by atoms with Gasteiger partial charge in [-0.2, -0.15) is 0 Å². The molecule has 0 N–H and O–H groups in total. The first kappa shape index (κ1) is 13.0. The topological polar surface area (TPSA) is 37.4 Å². The smallest absolute Gasteiger partial charge is 0.258 e. The van der Waals surface area contributed by atoms with Crippen molar-refractivity contribution in [3.63, 3.8) is 0 Å². The summed E-state index contributed by atoms with van der Waals surface area (Å²) in [6, 6.07) is 4.14. The summed E-state index contributed by atoms with van der Waals surface area (Å²) < 4.78 is 13.6. The van der Waals surface area contributed by atoms with Crippen molar-refractivity contribution in [2.45, 2.75) is 13.3 Å². The van der Waals surface area contributed by atoms with Gasteiger partial charge < -0.3 is 4.90 Å². The first-order chi connectivity index (χ1) is 8.50. The predicted octanol–water partition coefficient (Wildman–Crippen LogP) is 2.53. The molecule has 1 aromatic carbocycles. The molecule has 0 bridgehead atoms. The predicted molar refractivity (Wildman–Crippen MR) is 66.1 cm³/mol. The Hall–Kier alpha value is -1.42. The van der Waals surface area contributed by atoms with E-state index in [2.05, 4.69) is 0 Å². The van der Waals surface area contributed by atoms with Crippen molar-refractivity contribution in [1.29, 1.82) is 0 Å². The molecule has 0 aromatic heterocycles. The van der Waals surface area contributed by atoms with Gasteiger partial charge in [0.15, 0.2) is 0 Å². The lowest BCUT2D eigenvalue weighted by atomic mass is 9.98. The maximum atomic E-state index is 13.6. The molecule has 0 saturated carbocycles. The van der Waals surface area contributed by atoms with Crippen LogP contribution >= 0.6 is 11.6 Å². The number of rotatable bonds is 1. The third-order valence-electron chi connectivity index (χ3n) is 3.14. The van der Waals surface area contributed by atoms with E-state index in [1.54, 1.807) is 6.92 Å². The van der Waals surface area contributed by atoms with Gasteiger partial charge in [0.1, 0.15) is 11.6 Å². The zero-order valence-electron chi connectivity index (χ0n) is 9.95. The van der Waals surface area contributed by atoms with Crippen molar-refractivity contribution in [2.24, 2.45) is 5.92 Å². The average molecular weight is 270 g/mol. The second-order valence-electron chi connectivity index (χ2n) is 4.47. The Bertz CT molecular complexity index is 484. The first-order valence-electron chi connectivity index (χ1n) is 5.76. The van der Waals surface area contributed by atoms with Crippen LogP contribution in [0.5, 0.6) is 0 Å². The average Bonchev–Trinajstić information content (AvgIpc) is 2.32. The van der Waals surface area contributed by atoms with E-state index in [0.717, 1.165) is 0 Å². The van der Waals surface area contributed by atoms with E-state index in [9.17, 15) is 14.0 Å². The number of halogens is 2. The van der Waals surface area contributed by atoms with Crippen LogP contribution in [0.1, 0.15) is 23.7 Å². The van der Waals surface area contributed by atoms with Crippen LogP contribution < -0.4 is 0 Å². The van der Waals surface area contributed by atoms with Crippen molar-refractivity contribution in [3.8, 4) is 0 Å². The standard InChI is InChI=1S/C13H13ClFNO2/c1-8-7-16(6-5-11(8)17)13(18)12-9(14)3-2-4-10(12)15/h2-4,8H,5-7H2,1H3. The van der Waals surface area contributed by atoms with E-state index in [4.69, 9.17) is 11.6 Å². The highest BCUT2D eigenvalue weighted by molar-refractivity contribution is 6.33. The van der Waals surface area contributed by atoms with Crippen LogP contribution in [0.25, 0.3) is 0 Å². The summed E-state index contributed by atoms with van der Waals surface area (Å²) in [6.07, 6.45) is 0.318. The number of hydrogen-bond donors (Lipinski definition) is 0. The summed E-state index contributed by atoms with van der Waals surface area (Å²) in [7, 11) is 0. The summed E-state index contributed by atoms with van der Waals surface area (Å²) in [5, 5.41) is 0.101. The summed E-state index contributed by atoms with van der Waals surface area (Å²) in [5.74, 6) is -1.14. The highest BCUT2D eigenvalue weighted by Crippen LogP contribution is 2.23. The SMILES string of the molecule is CC1CN(C(=O)c2c(F)cccc2Cl)CCC1=O. The van der Waals surface area contributed by atoms with Gasteiger partial charge in [-0.1, -0.05) is 24.6 Å². The maximum absolute atomic E-state index is 13.6. The van der Waals surface area contributed by atoms with Crippen molar-refractivity contribution in [2.75, 3.05) is 13.1 Å². The van der Waals surface area contributed by atoms with E-state index in [-0.39, 0.29) is 22.3 Å². The molecule has 1 saturated heterocycles. The zero-order chi connectivity index (χ0) is 13.3. The van der Waals surface area contributed by atoms with Gasteiger partial charge >= 0.3 is 0 Å². The quantitative estimate of drug-likeness (QED) is 0.786. The molecule has 1 aromatic rings. The molecule has 1 amide bonds. The molecular weight excluding hydrogens is 257 g/mol. The minimum Gasteiger partial charge on any atom is -0.337 e. The number of carbonyl (C=O) groups is 2. The first-order valence-corrected chi connectivity index (χ1v) is 6.14. The number of piperidine rings is 1. The fourth-order valence-electron chi connectivity index (χ4n) is 2.06. The van der Waals surface area contributed by atoms with Crippen LogP contribution in [-0.2, 0) is 4.79 Å². The largest absolute Gasteiger partial charge is 0.337 e. The molecule has 0 radical (unpaired) electrons. The number of ketones is 1. The second kappa shape index (κ2) is 5.06. The maximum Gasteiger partial charge on any atom is 0.258 e. The second-order valence-corrected chi connectivity index (χ2v) is 4.87. The van der Waals surface area contributed by atoms with Crippen molar-refractivity contribution < 1.29 is 14.0 Å². The zero-order valence-corrected chi connectivity index (χ0v) is 10.7. The number of amides is 1. The van der Waals surface area contributed by atoms with Gasteiger partial charge in [0.25, 0.3) is 5.91 Å². The molecule has 1 atom stereocenters. The molecule has 1 aliphatic rings. The molecule has 5 heteroatoms. The van der Waals surface area contributed by atoms with Crippen LogP contribution in [0, 0.1) is 11.7 Å². The molecule has 18 heavy (non-hydrogen) atoms. The summed E-state index contributed by atoms with van der Waals surface area (Å²) in [6.45, 7) is 2.42. The van der Waals surface area contributed by atoms with Gasteiger partial charge in [-0.15, -0.1) is 0 Å². The third kappa shape index (κ3) is 2.38.